The van der Waals surface area contributed by atoms with Gasteiger partial charge in [0.25, 0.3) is 0 Å². The lowest BCUT2D eigenvalue weighted by Crippen LogP contribution is -2.40. The topological polar surface area (TPSA) is 65.6 Å². The molecule has 3 N–H and O–H groups in total. The normalized spacial score (nSPS) is 16.8. The fourth-order valence-corrected chi connectivity index (χ4v) is 3.29. The van der Waals surface area contributed by atoms with E-state index in [0.29, 0.717) is 12.6 Å². The molecule has 0 spiro atoms. The number of carbonyl (C=O) groups excluding carboxylic acids is 1. The molecule has 1 saturated heterocycles. The zero-order valence-electron chi connectivity index (χ0n) is 16.7. The van der Waals surface area contributed by atoms with Gasteiger partial charge in [0.2, 0.25) is 0 Å². The number of ether oxygens (including phenoxy) is 1. The Kier molecular flexibility index (Phi) is 7.28. The highest BCUT2D eigenvalue weighted by Crippen LogP contribution is 2.22. The van der Waals surface area contributed by atoms with Crippen molar-refractivity contribution in [3.63, 3.8) is 0 Å². The molecule has 0 aliphatic carbocycles. The summed E-state index contributed by atoms with van der Waals surface area (Å²) in [6, 6.07) is 18.2. The quantitative estimate of drug-likeness (QED) is 0.683. The van der Waals surface area contributed by atoms with Gasteiger partial charge < -0.3 is 20.7 Å². The molecule has 150 valence electrons. The average molecular weight is 383 g/mol. The predicted molar refractivity (Wildman–Crippen MR) is 114 cm³/mol. The Balaban J connectivity index is 1.44. The zero-order valence-corrected chi connectivity index (χ0v) is 16.7. The van der Waals surface area contributed by atoms with Crippen LogP contribution >= 0.6 is 0 Å². The third-order valence-corrected chi connectivity index (χ3v) is 5.01. The summed E-state index contributed by atoms with van der Waals surface area (Å²) >= 11 is 0. The highest BCUT2D eigenvalue weighted by molar-refractivity contribution is 5.89. The van der Waals surface area contributed by atoms with Crippen LogP contribution in [0.2, 0.25) is 0 Å². The summed E-state index contributed by atoms with van der Waals surface area (Å²) in [6.07, 6.45) is 0. The molecule has 0 radical (unpaired) electrons. The molecule has 1 aliphatic rings. The van der Waals surface area contributed by atoms with Gasteiger partial charge in [-0.2, -0.15) is 0 Å². The van der Waals surface area contributed by atoms with Gasteiger partial charge in [-0.15, -0.1) is 0 Å². The average Bonchev–Trinajstić information content (AvgIpc) is 2.73. The second-order valence-electron chi connectivity index (χ2n) is 7.19. The van der Waals surface area contributed by atoms with Crippen LogP contribution < -0.4 is 16.0 Å². The van der Waals surface area contributed by atoms with Gasteiger partial charge in [-0.1, -0.05) is 30.3 Å². The smallest absolute Gasteiger partial charge is 0.319 e. The molecule has 3 rings (SSSR count). The van der Waals surface area contributed by atoms with Crippen LogP contribution in [0.4, 0.5) is 16.2 Å². The largest absolute Gasteiger partial charge is 0.383 e. The van der Waals surface area contributed by atoms with Crippen molar-refractivity contribution < 1.29 is 9.53 Å². The monoisotopic (exact) mass is 382 g/mol. The number of carbonyl (C=O) groups is 1. The Morgan fingerprint density at radius 3 is 2.36 bits per heavy atom. The van der Waals surface area contributed by atoms with Crippen LogP contribution in [0.1, 0.15) is 25.5 Å². The molecule has 1 aliphatic heterocycles. The van der Waals surface area contributed by atoms with Crippen molar-refractivity contribution in [2.24, 2.45) is 0 Å². The second kappa shape index (κ2) is 10.1. The van der Waals surface area contributed by atoms with Gasteiger partial charge in [0, 0.05) is 43.1 Å². The first-order chi connectivity index (χ1) is 13.6. The number of hydrogen-bond acceptors (Lipinski definition) is 4. The number of para-hydroxylation sites is 1. The van der Waals surface area contributed by atoms with E-state index in [4.69, 9.17) is 4.74 Å². The summed E-state index contributed by atoms with van der Waals surface area (Å²) in [5, 5.41) is 9.17. The first-order valence-corrected chi connectivity index (χ1v) is 9.90. The molecule has 0 saturated carbocycles. The molecular formula is C22H30N4O2. The first kappa shape index (κ1) is 20.2. The molecule has 0 unspecified atom stereocenters. The van der Waals surface area contributed by atoms with Crippen LogP contribution in [0, 0.1) is 0 Å². The highest BCUT2D eigenvalue weighted by Gasteiger charge is 2.18. The van der Waals surface area contributed by atoms with E-state index in [9.17, 15) is 4.79 Å². The van der Waals surface area contributed by atoms with Crippen LogP contribution in [0.25, 0.3) is 0 Å². The number of rotatable bonds is 7. The van der Waals surface area contributed by atoms with Gasteiger partial charge in [0.05, 0.1) is 13.2 Å². The van der Waals surface area contributed by atoms with E-state index in [0.717, 1.165) is 37.7 Å². The summed E-state index contributed by atoms with van der Waals surface area (Å²) in [5.41, 5.74) is 3.08. The third kappa shape index (κ3) is 5.97. The number of benzene rings is 2. The maximum absolute atomic E-state index is 12.2. The van der Waals surface area contributed by atoms with Crippen molar-refractivity contribution >= 4 is 17.4 Å². The number of hydrogen-bond donors (Lipinski definition) is 3. The van der Waals surface area contributed by atoms with E-state index in [1.54, 1.807) is 0 Å². The molecule has 1 fully saturated rings. The molecule has 6 nitrogen and oxygen atoms in total. The minimum atomic E-state index is -0.198. The predicted octanol–water partition coefficient (Wildman–Crippen LogP) is 3.70. The zero-order chi connectivity index (χ0) is 19.8. The SMILES string of the molecule is C[C@H](CNc1ccccc1)NC(=O)Nc1ccc([C@H](C)N2CCOCC2)cc1. The van der Waals surface area contributed by atoms with Crippen molar-refractivity contribution in [2.75, 3.05) is 43.5 Å². The van der Waals surface area contributed by atoms with Gasteiger partial charge >= 0.3 is 6.03 Å². The number of amides is 2. The molecule has 2 aromatic carbocycles. The van der Waals surface area contributed by atoms with Crippen LogP contribution in [0.15, 0.2) is 54.6 Å². The summed E-state index contributed by atoms with van der Waals surface area (Å²) < 4.78 is 5.42. The Labute approximate surface area is 167 Å². The van der Waals surface area contributed by atoms with Crippen LogP contribution in [-0.4, -0.2) is 49.8 Å². The molecule has 6 heteroatoms. The maximum Gasteiger partial charge on any atom is 0.319 e. The van der Waals surface area contributed by atoms with E-state index < -0.39 is 0 Å². The number of morpholine rings is 1. The lowest BCUT2D eigenvalue weighted by atomic mass is 10.1. The van der Waals surface area contributed by atoms with Gasteiger partial charge in [-0.3, -0.25) is 4.90 Å². The standard InChI is InChI=1S/C22H30N4O2/c1-17(16-23-20-6-4-3-5-7-20)24-22(27)25-21-10-8-19(9-11-21)18(2)26-12-14-28-15-13-26/h3-11,17-18,23H,12-16H2,1-2H3,(H2,24,25,27)/t17-,18+/m1/s1. The third-order valence-electron chi connectivity index (χ3n) is 5.01. The minimum absolute atomic E-state index is 0.000761. The van der Waals surface area contributed by atoms with Crippen LogP contribution in [0.5, 0.6) is 0 Å². The molecular weight excluding hydrogens is 352 g/mol. The lowest BCUT2D eigenvalue weighted by Gasteiger charge is -2.32. The fourth-order valence-electron chi connectivity index (χ4n) is 3.29. The van der Waals surface area contributed by atoms with E-state index in [1.165, 1.54) is 5.56 Å². The van der Waals surface area contributed by atoms with Gasteiger partial charge in [0.1, 0.15) is 0 Å². The van der Waals surface area contributed by atoms with E-state index in [-0.39, 0.29) is 12.1 Å². The van der Waals surface area contributed by atoms with Crippen molar-refractivity contribution in [1.82, 2.24) is 10.2 Å². The van der Waals surface area contributed by atoms with Gasteiger partial charge in [-0.05, 0) is 43.7 Å². The Bertz CT molecular complexity index is 730. The Morgan fingerprint density at radius 1 is 1.00 bits per heavy atom. The highest BCUT2D eigenvalue weighted by atomic mass is 16.5. The summed E-state index contributed by atoms with van der Waals surface area (Å²) in [5.74, 6) is 0. The van der Waals surface area contributed by atoms with E-state index >= 15 is 0 Å². The molecule has 2 aromatic rings. The molecule has 28 heavy (non-hydrogen) atoms. The molecule has 1 heterocycles. The molecule has 0 bridgehead atoms. The van der Waals surface area contributed by atoms with Crippen LogP contribution in [0.3, 0.4) is 0 Å². The van der Waals surface area contributed by atoms with Crippen LogP contribution in [-0.2, 0) is 4.74 Å². The fraction of sp³-hybridized carbons (Fsp3) is 0.409. The first-order valence-electron chi connectivity index (χ1n) is 9.90. The number of urea groups is 1. The lowest BCUT2D eigenvalue weighted by molar-refractivity contribution is 0.0198. The minimum Gasteiger partial charge on any atom is -0.383 e. The molecule has 2 atom stereocenters. The summed E-state index contributed by atoms with van der Waals surface area (Å²) in [4.78, 5) is 14.6. The van der Waals surface area contributed by atoms with Crippen molar-refractivity contribution in [2.45, 2.75) is 25.9 Å². The summed E-state index contributed by atoms with van der Waals surface area (Å²) in [6.45, 7) is 8.35. The number of nitrogens with one attached hydrogen (secondary N) is 3. The van der Waals surface area contributed by atoms with Crippen molar-refractivity contribution in [3.05, 3.63) is 60.2 Å². The van der Waals surface area contributed by atoms with Gasteiger partial charge in [0.15, 0.2) is 0 Å². The maximum atomic E-state index is 12.2. The van der Waals surface area contributed by atoms with E-state index in [1.807, 2.05) is 49.4 Å². The summed E-state index contributed by atoms with van der Waals surface area (Å²) in [7, 11) is 0. The Hall–Kier alpha value is -2.57. The van der Waals surface area contributed by atoms with Crippen molar-refractivity contribution in [3.8, 4) is 0 Å². The second-order valence-corrected chi connectivity index (χ2v) is 7.19. The molecule has 0 aromatic heterocycles. The van der Waals surface area contributed by atoms with Gasteiger partial charge in [-0.25, -0.2) is 4.79 Å². The number of nitrogens with zero attached hydrogens (tertiary/aromatic N) is 1. The van der Waals surface area contributed by atoms with Crippen molar-refractivity contribution in [1.29, 1.82) is 0 Å². The Morgan fingerprint density at radius 2 is 1.68 bits per heavy atom. The molecule has 2 amide bonds. The number of anilines is 2. The van der Waals surface area contributed by atoms with E-state index in [2.05, 4.69) is 39.9 Å².